The summed E-state index contributed by atoms with van der Waals surface area (Å²) in [5.74, 6) is -1.35. The van der Waals surface area contributed by atoms with Crippen LogP contribution in [0.3, 0.4) is 0 Å². The molecule has 2 aromatic rings. The summed E-state index contributed by atoms with van der Waals surface area (Å²) in [6, 6.07) is 4.66. The molecule has 0 aliphatic heterocycles. The number of hydrogen-bond donors (Lipinski definition) is 2. The van der Waals surface area contributed by atoms with Crippen molar-refractivity contribution in [1.82, 2.24) is 4.98 Å². The summed E-state index contributed by atoms with van der Waals surface area (Å²) in [5, 5.41) is 12.9. The lowest BCUT2D eigenvalue weighted by molar-refractivity contribution is 0.0696. The number of thiazole rings is 1. The molecule has 7 heteroatoms. The number of rotatable bonds is 5. The molecule has 2 N–H and O–H groups in total. The van der Waals surface area contributed by atoms with E-state index in [1.165, 1.54) is 30.6 Å². The van der Waals surface area contributed by atoms with Crippen LogP contribution in [-0.2, 0) is 16.8 Å². The molecule has 0 bridgehead atoms. The highest BCUT2D eigenvalue weighted by Crippen LogP contribution is 2.29. The molecule has 1 aromatic heterocycles. The zero-order valence-electron chi connectivity index (χ0n) is 15.0. The Labute approximate surface area is 150 Å². The minimum Gasteiger partial charge on any atom is -0.478 e. The van der Waals surface area contributed by atoms with Gasteiger partial charge in [-0.1, -0.05) is 20.8 Å². The Morgan fingerprint density at radius 2 is 1.96 bits per heavy atom. The number of nitrogens with zero attached hydrogens (tertiary/aromatic N) is 1. The van der Waals surface area contributed by atoms with Gasteiger partial charge in [-0.25, -0.2) is 9.78 Å². The predicted octanol–water partition coefficient (Wildman–Crippen LogP) is 3.85. The number of hydrogen-bond acceptors (Lipinski definition) is 5. The fourth-order valence-electron chi connectivity index (χ4n) is 2.25. The molecular formula is C18H22N2O4S. The van der Waals surface area contributed by atoms with Gasteiger partial charge in [0, 0.05) is 18.2 Å². The lowest BCUT2D eigenvalue weighted by atomic mass is 9.98. The van der Waals surface area contributed by atoms with E-state index >= 15 is 0 Å². The van der Waals surface area contributed by atoms with E-state index in [1.807, 2.05) is 20.8 Å². The lowest BCUT2D eigenvalue weighted by Crippen LogP contribution is -2.13. The number of amides is 1. The van der Waals surface area contributed by atoms with Crippen molar-refractivity contribution in [3.63, 3.8) is 0 Å². The van der Waals surface area contributed by atoms with Crippen molar-refractivity contribution in [2.45, 2.75) is 39.7 Å². The maximum atomic E-state index is 12.6. The van der Waals surface area contributed by atoms with E-state index in [0.717, 1.165) is 5.01 Å². The van der Waals surface area contributed by atoms with E-state index in [9.17, 15) is 14.7 Å². The minimum absolute atomic E-state index is 0.0984. The number of carboxylic acid groups (broad SMARTS) is 1. The van der Waals surface area contributed by atoms with Crippen molar-refractivity contribution >= 4 is 28.9 Å². The first-order valence-corrected chi connectivity index (χ1v) is 8.59. The maximum Gasteiger partial charge on any atom is 0.335 e. The predicted molar refractivity (Wildman–Crippen MR) is 97.6 cm³/mol. The molecule has 134 valence electrons. The van der Waals surface area contributed by atoms with Gasteiger partial charge in [0.1, 0.15) is 4.88 Å². The van der Waals surface area contributed by atoms with Crippen molar-refractivity contribution in [1.29, 1.82) is 0 Å². The highest BCUT2D eigenvalue weighted by molar-refractivity contribution is 7.14. The Balaban J connectivity index is 2.31. The fourth-order valence-corrected chi connectivity index (χ4v) is 3.27. The number of methoxy groups -OCH3 is 1. The highest BCUT2D eigenvalue weighted by Gasteiger charge is 2.23. The first-order valence-electron chi connectivity index (χ1n) is 7.77. The number of aryl methyl sites for hydroxylation is 1. The van der Waals surface area contributed by atoms with Crippen LogP contribution in [0.4, 0.5) is 5.69 Å². The molecule has 0 atom stereocenters. The minimum atomic E-state index is -1.06. The van der Waals surface area contributed by atoms with Gasteiger partial charge in [0.25, 0.3) is 5.91 Å². The molecular weight excluding hydrogens is 340 g/mol. The maximum absolute atomic E-state index is 12.6. The Kier molecular flexibility index (Phi) is 5.59. The number of nitrogens with one attached hydrogen (secondary N) is 1. The smallest absolute Gasteiger partial charge is 0.335 e. The molecule has 0 unspecified atom stereocenters. The van der Waals surface area contributed by atoms with Crippen molar-refractivity contribution in [2.24, 2.45) is 0 Å². The van der Waals surface area contributed by atoms with E-state index in [4.69, 9.17) is 4.74 Å². The van der Waals surface area contributed by atoms with Crippen LogP contribution in [0.25, 0.3) is 0 Å². The van der Waals surface area contributed by atoms with Crippen molar-refractivity contribution < 1.29 is 19.4 Å². The van der Waals surface area contributed by atoms with Gasteiger partial charge in [-0.2, -0.15) is 0 Å². The summed E-state index contributed by atoms with van der Waals surface area (Å²) in [4.78, 5) is 28.9. The average Bonchev–Trinajstić information content (AvgIpc) is 2.89. The molecule has 0 radical (unpaired) electrons. The van der Waals surface area contributed by atoms with E-state index < -0.39 is 5.97 Å². The van der Waals surface area contributed by atoms with Gasteiger partial charge in [-0.05, 0) is 30.7 Å². The molecule has 25 heavy (non-hydrogen) atoms. The third-order valence-corrected chi connectivity index (χ3v) is 5.03. The number of aromatic nitrogens is 1. The molecule has 0 aliphatic carbocycles. The van der Waals surface area contributed by atoms with Crippen LogP contribution in [0.15, 0.2) is 18.2 Å². The van der Waals surface area contributed by atoms with Gasteiger partial charge in [0.2, 0.25) is 0 Å². The van der Waals surface area contributed by atoms with Crippen LogP contribution in [-0.4, -0.2) is 29.1 Å². The van der Waals surface area contributed by atoms with Gasteiger partial charge < -0.3 is 15.2 Å². The lowest BCUT2D eigenvalue weighted by Gasteiger charge is -2.13. The summed E-state index contributed by atoms with van der Waals surface area (Å²) >= 11 is 1.35. The first-order chi connectivity index (χ1) is 11.6. The molecule has 0 aliphatic rings. The average molecular weight is 362 g/mol. The number of carboxylic acids is 1. The topological polar surface area (TPSA) is 88.5 Å². The van der Waals surface area contributed by atoms with Crippen LogP contribution in [0.5, 0.6) is 0 Å². The van der Waals surface area contributed by atoms with E-state index in [2.05, 4.69) is 10.3 Å². The zero-order chi connectivity index (χ0) is 18.8. The SMILES string of the molecule is COCc1cc(NC(=O)c2sc(C(C)(C)C)nc2C)cc(C(=O)O)c1. The Hall–Kier alpha value is -2.25. The molecule has 2 rings (SSSR count). The number of benzene rings is 1. The Bertz CT molecular complexity index is 806. The fraction of sp³-hybridized carbons (Fsp3) is 0.389. The van der Waals surface area contributed by atoms with Gasteiger partial charge in [-0.15, -0.1) is 11.3 Å². The number of carbonyl (C=O) groups is 2. The van der Waals surface area contributed by atoms with Crippen LogP contribution >= 0.6 is 11.3 Å². The summed E-state index contributed by atoms with van der Waals surface area (Å²) < 4.78 is 5.05. The number of aromatic carboxylic acids is 1. The standard InChI is InChI=1S/C18H22N2O4S/c1-10-14(25-17(19-10)18(2,3)4)15(21)20-13-7-11(9-24-5)6-12(8-13)16(22)23/h6-8H,9H2,1-5H3,(H,20,21)(H,22,23). The molecule has 0 saturated carbocycles. The molecule has 1 heterocycles. The van der Waals surface area contributed by atoms with Crippen molar-refractivity contribution in [3.05, 3.63) is 44.9 Å². The summed E-state index contributed by atoms with van der Waals surface area (Å²) in [5.41, 5.74) is 1.72. The molecule has 0 spiro atoms. The monoisotopic (exact) mass is 362 g/mol. The van der Waals surface area contributed by atoms with Gasteiger partial charge >= 0.3 is 5.97 Å². The molecule has 6 nitrogen and oxygen atoms in total. The van der Waals surface area contributed by atoms with E-state index in [0.29, 0.717) is 21.8 Å². The molecule has 1 amide bonds. The van der Waals surface area contributed by atoms with Gasteiger partial charge in [0.15, 0.2) is 0 Å². The second-order valence-electron chi connectivity index (χ2n) is 6.79. The third kappa shape index (κ3) is 4.64. The Morgan fingerprint density at radius 1 is 1.28 bits per heavy atom. The number of anilines is 1. The number of ether oxygens (including phenoxy) is 1. The molecule has 1 aromatic carbocycles. The van der Waals surface area contributed by atoms with Crippen LogP contribution < -0.4 is 5.32 Å². The van der Waals surface area contributed by atoms with Crippen LogP contribution in [0.2, 0.25) is 0 Å². The summed E-state index contributed by atoms with van der Waals surface area (Å²) in [6.45, 7) is 8.18. The van der Waals surface area contributed by atoms with Crippen molar-refractivity contribution in [2.75, 3.05) is 12.4 Å². The quantitative estimate of drug-likeness (QED) is 0.843. The van der Waals surface area contributed by atoms with Gasteiger partial charge in [0.05, 0.1) is 22.9 Å². The van der Waals surface area contributed by atoms with E-state index in [-0.39, 0.29) is 23.5 Å². The molecule has 0 fully saturated rings. The summed E-state index contributed by atoms with van der Waals surface area (Å²) in [6.07, 6.45) is 0. The largest absolute Gasteiger partial charge is 0.478 e. The summed E-state index contributed by atoms with van der Waals surface area (Å²) in [7, 11) is 1.53. The zero-order valence-corrected chi connectivity index (χ0v) is 15.8. The first kappa shape index (κ1) is 19.1. The molecule has 0 saturated heterocycles. The van der Waals surface area contributed by atoms with Crippen LogP contribution in [0, 0.1) is 6.92 Å². The van der Waals surface area contributed by atoms with Gasteiger partial charge in [-0.3, -0.25) is 4.79 Å². The highest BCUT2D eigenvalue weighted by atomic mass is 32.1. The van der Waals surface area contributed by atoms with Crippen LogP contribution in [0.1, 0.15) is 57.1 Å². The third-order valence-electron chi connectivity index (χ3n) is 3.45. The van der Waals surface area contributed by atoms with E-state index in [1.54, 1.807) is 13.0 Å². The Morgan fingerprint density at radius 3 is 2.48 bits per heavy atom. The second kappa shape index (κ2) is 7.33. The van der Waals surface area contributed by atoms with Crippen molar-refractivity contribution in [3.8, 4) is 0 Å². The second-order valence-corrected chi connectivity index (χ2v) is 7.79. The normalized spacial score (nSPS) is 11.4. The number of carbonyl (C=O) groups excluding carboxylic acids is 1.